The fourth-order valence-corrected chi connectivity index (χ4v) is 0.958. The molecule has 0 saturated carbocycles. The van der Waals surface area contributed by atoms with Gasteiger partial charge in [-0.3, -0.25) is 4.79 Å². The molecular weight excluding hydrogens is 136 g/mol. The minimum Gasteiger partial charge on any atom is -0.289 e. The molecule has 11 heavy (non-hydrogen) atoms. The lowest BCUT2D eigenvalue weighted by Crippen LogP contribution is -2.03. The van der Waals surface area contributed by atoms with Gasteiger partial charge < -0.3 is 0 Å². The average Bonchev–Trinajstić information content (AvgIpc) is 1.94. The van der Waals surface area contributed by atoms with Crippen LogP contribution in [0.25, 0.3) is 0 Å². The molecular formula is C10H12O. The van der Waals surface area contributed by atoms with Gasteiger partial charge in [-0.2, -0.15) is 0 Å². The maximum Gasteiger partial charge on any atom is 0.185 e. The molecule has 0 spiro atoms. The first kappa shape index (κ1) is 7.99. The van der Waals surface area contributed by atoms with Crippen LogP contribution in [-0.2, 0) is 4.79 Å². The molecule has 0 aromatic carbocycles. The minimum atomic E-state index is 0.0226. The number of allylic oxidation sites excluding steroid dienone is 5. The van der Waals surface area contributed by atoms with E-state index in [1.165, 1.54) is 5.57 Å². The molecule has 1 aliphatic carbocycles. The lowest BCUT2D eigenvalue weighted by molar-refractivity contribution is -0.111. The van der Waals surface area contributed by atoms with Gasteiger partial charge in [-0.1, -0.05) is 26.5 Å². The van der Waals surface area contributed by atoms with Crippen LogP contribution < -0.4 is 0 Å². The molecule has 1 nitrogen and oxygen atoms in total. The molecule has 0 saturated heterocycles. The first-order valence-corrected chi connectivity index (χ1v) is 3.74. The van der Waals surface area contributed by atoms with Crippen LogP contribution in [0, 0.1) is 5.92 Å². The number of carbonyl (C=O) groups excluding carboxylic acids is 1. The predicted octanol–water partition coefficient (Wildman–Crippen LogP) is 2.26. The van der Waals surface area contributed by atoms with Crippen molar-refractivity contribution >= 4 is 5.78 Å². The summed E-state index contributed by atoms with van der Waals surface area (Å²) in [5, 5.41) is 0. The molecule has 0 atom stereocenters. The highest BCUT2D eigenvalue weighted by molar-refractivity contribution is 6.07. The van der Waals surface area contributed by atoms with Gasteiger partial charge in [-0.25, -0.2) is 0 Å². The van der Waals surface area contributed by atoms with Gasteiger partial charge in [0, 0.05) is 5.57 Å². The summed E-state index contributed by atoms with van der Waals surface area (Å²) in [4.78, 5) is 10.9. The van der Waals surface area contributed by atoms with Crippen LogP contribution >= 0.6 is 0 Å². The van der Waals surface area contributed by atoms with Crippen molar-refractivity contribution < 1.29 is 4.79 Å². The van der Waals surface area contributed by atoms with E-state index in [4.69, 9.17) is 0 Å². The van der Waals surface area contributed by atoms with Crippen molar-refractivity contribution in [1.29, 1.82) is 0 Å². The maximum absolute atomic E-state index is 10.9. The molecule has 1 rings (SSSR count). The Bertz CT molecular complexity index is 254. The van der Waals surface area contributed by atoms with Crippen molar-refractivity contribution in [3.63, 3.8) is 0 Å². The molecule has 0 bridgehead atoms. The van der Waals surface area contributed by atoms with E-state index >= 15 is 0 Å². The molecule has 0 aromatic rings. The van der Waals surface area contributed by atoms with E-state index in [1.54, 1.807) is 6.08 Å². The molecule has 0 fully saturated rings. The summed E-state index contributed by atoms with van der Waals surface area (Å²) in [5.74, 6) is 0.491. The fraction of sp³-hybridized carbons (Fsp3) is 0.300. The first-order chi connectivity index (χ1) is 5.11. The molecule has 0 N–H and O–H groups in total. The van der Waals surface area contributed by atoms with Crippen molar-refractivity contribution in [2.75, 3.05) is 0 Å². The molecule has 0 heterocycles. The number of carbonyl (C=O) groups is 1. The van der Waals surface area contributed by atoms with Crippen LogP contribution in [0.3, 0.4) is 0 Å². The van der Waals surface area contributed by atoms with Gasteiger partial charge in [-0.05, 0) is 23.6 Å². The third-order valence-corrected chi connectivity index (χ3v) is 1.75. The van der Waals surface area contributed by atoms with Crippen molar-refractivity contribution in [1.82, 2.24) is 0 Å². The Kier molecular flexibility index (Phi) is 2.08. The van der Waals surface area contributed by atoms with Crippen molar-refractivity contribution in [3.05, 3.63) is 36.0 Å². The van der Waals surface area contributed by atoms with Crippen LogP contribution in [-0.4, -0.2) is 5.78 Å². The summed E-state index contributed by atoms with van der Waals surface area (Å²) < 4.78 is 0. The molecule has 58 valence electrons. The molecule has 0 unspecified atom stereocenters. The third kappa shape index (κ3) is 1.67. The highest BCUT2D eigenvalue weighted by Crippen LogP contribution is 2.18. The van der Waals surface area contributed by atoms with Crippen LogP contribution in [0.2, 0.25) is 0 Å². The van der Waals surface area contributed by atoms with Gasteiger partial charge >= 0.3 is 0 Å². The van der Waals surface area contributed by atoms with E-state index in [-0.39, 0.29) is 5.78 Å². The van der Waals surface area contributed by atoms with Crippen LogP contribution in [0.5, 0.6) is 0 Å². The largest absolute Gasteiger partial charge is 0.289 e. The summed E-state index contributed by atoms with van der Waals surface area (Å²) in [6.45, 7) is 7.84. The lowest BCUT2D eigenvalue weighted by Gasteiger charge is -2.10. The Morgan fingerprint density at radius 3 is 2.45 bits per heavy atom. The van der Waals surface area contributed by atoms with Gasteiger partial charge in [0.25, 0.3) is 0 Å². The Balaban J connectivity index is 2.89. The summed E-state index contributed by atoms with van der Waals surface area (Å²) in [6.07, 6.45) is 5.30. The van der Waals surface area contributed by atoms with E-state index in [0.717, 1.165) is 0 Å². The van der Waals surface area contributed by atoms with Gasteiger partial charge in [0.05, 0.1) is 0 Å². The standard InChI is InChI=1S/C10H12O/c1-7(2)9-4-5-10(11)8(3)6-9/h4-7H,3H2,1-2H3. The van der Waals surface area contributed by atoms with Crippen LogP contribution in [0.1, 0.15) is 13.8 Å². The normalized spacial score (nSPS) is 17.5. The van der Waals surface area contributed by atoms with E-state index in [9.17, 15) is 4.79 Å². The highest BCUT2D eigenvalue weighted by atomic mass is 16.1. The second kappa shape index (κ2) is 2.87. The summed E-state index contributed by atoms with van der Waals surface area (Å²) >= 11 is 0. The van der Waals surface area contributed by atoms with Crippen LogP contribution in [0.4, 0.5) is 0 Å². The Labute approximate surface area is 67.1 Å². The predicted molar refractivity (Wildman–Crippen MR) is 46.2 cm³/mol. The van der Waals surface area contributed by atoms with Gasteiger partial charge in [0.2, 0.25) is 0 Å². The molecule has 0 radical (unpaired) electrons. The SMILES string of the molecule is C=C1C=C(C(C)C)C=CC1=O. The molecule has 0 amide bonds. The smallest absolute Gasteiger partial charge is 0.185 e. The Hall–Kier alpha value is -1.11. The van der Waals surface area contributed by atoms with Gasteiger partial charge in [0.15, 0.2) is 5.78 Å². The third-order valence-electron chi connectivity index (χ3n) is 1.75. The van der Waals surface area contributed by atoms with E-state index in [1.807, 2.05) is 12.2 Å². The number of hydrogen-bond donors (Lipinski definition) is 0. The molecule has 1 aliphatic rings. The number of ketones is 1. The highest BCUT2D eigenvalue weighted by Gasteiger charge is 2.09. The summed E-state index contributed by atoms with van der Waals surface area (Å²) in [6, 6.07) is 0. The van der Waals surface area contributed by atoms with E-state index in [2.05, 4.69) is 20.4 Å². The fourth-order valence-electron chi connectivity index (χ4n) is 0.958. The first-order valence-electron chi connectivity index (χ1n) is 3.74. The number of rotatable bonds is 1. The summed E-state index contributed by atoms with van der Waals surface area (Å²) in [7, 11) is 0. The molecule has 0 aromatic heterocycles. The number of hydrogen-bond acceptors (Lipinski definition) is 1. The monoisotopic (exact) mass is 148 g/mol. The van der Waals surface area contributed by atoms with Crippen molar-refractivity contribution in [2.45, 2.75) is 13.8 Å². The Morgan fingerprint density at radius 2 is 2.00 bits per heavy atom. The van der Waals surface area contributed by atoms with Crippen molar-refractivity contribution in [2.24, 2.45) is 5.92 Å². The minimum absolute atomic E-state index is 0.0226. The molecule has 0 aliphatic heterocycles. The molecule has 1 heteroatoms. The van der Waals surface area contributed by atoms with Gasteiger partial charge in [-0.15, -0.1) is 0 Å². The van der Waals surface area contributed by atoms with Crippen LogP contribution in [0.15, 0.2) is 36.0 Å². The van der Waals surface area contributed by atoms with Gasteiger partial charge in [0.1, 0.15) is 0 Å². The average molecular weight is 148 g/mol. The topological polar surface area (TPSA) is 17.1 Å². The Morgan fingerprint density at radius 1 is 1.36 bits per heavy atom. The summed E-state index contributed by atoms with van der Waals surface area (Å²) in [5.41, 5.74) is 1.77. The second-order valence-corrected chi connectivity index (χ2v) is 3.02. The van der Waals surface area contributed by atoms with E-state index in [0.29, 0.717) is 11.5 Å². The maximum atomic E-state index is 10.9. The van der Waals surface area contributed by atoms with Crippen molar-refractivity contribution in [3.8, 4) is 0 Å². The van der Waals surface area contributed by atoms with E-state index < -0.39 is 0 Å². The zero-order chi connectivity index (χ0) is 8.43. The second-order valence-electron chi connectivity index (χ2n) is 3.02. The quantitative estimate of drug-likeness (QED) is 0.521. The lowest BCUT2D eigenvalue weighted by atomic mass is 9.94. The zero-order valence-corrected chi connectivity index (χ0v) is 6.92. The zero-order valence-electron chi connectivity index (χ0n) is 6.92.